The standard InChI is InChI=1S/C11H21F2N/c1-10(2,9-14-4)7-5-6-8-11(3,12)13/h6,8,14H,5,7,9H2,1-4H3. The van der Waals surface area contributed by atoms with E-state index in [1.54, 1.807) is 6.08 Å². The highest BCUT2D eigenvalue weighted by molar-refractivity contribution is 4.92. The van der Waals surface area contributed by atoms with E-state index in [0.717, 1.165) is 26.0 Å². The predicted molar refractivity (Wildman–Crippen MR) is 56.7 cm³/mol. The lowest BCUT2D eigenvalue weighted by atomic mass is 9.88. The van der Waals surface area contributed by atoms with Crippen LogP contribution < -0.4 is 5.32 Å². The van der Waals surface area contributed by atoms with Crippen LogP contribution in [0.4, 0.5) is 8.78 Å². The number of halogens is 2. The second-order valence-corrected chi connectivity index (χ2v) is 4.59. The van der Waals surface area contributed by atoms with Gasteiger partial charge in [-0.2, -0.15) is 0 Å². The molecule has 0 fully saturated rings. The Hall–Kier alpha value is -0.440. The maximum atomic E-state index is 12.4. The van der Waals surface area contributed by atoms with Crippen LogP contribution in [0.15, 0.2) is 12.2 Å². The third kappa shape index (κ3) is 8.17. The molecule has 0 radical (unpaired) electrons. The number of hydrogen-bond donors (Lipinski definition) is 1. The van der Waals surface area contributed by atoms with Crippen molar-refractivity contribution >= 4 is 0 Å². The number of hydrogen-bond acceptors (Lipinski definition) is 1. The molecule has 3 heteroatoms. The van der Waals surface area contributed by atoms with E-state index < -0.39 is 5.92 Å². The minimum Gasteiger partial charge on any atom is -0.319 e. The SMILES string of the molecule is CNCC(C)(C)CCC=CC(C)(F)F. The van der Waals surface area contributed by atoms with Crippen LogP contribution in [-0.4, -0.2) is 19.5 Å². The van der Waals surface area contributed by atoms with Gasteiger partial charge >= 0.3 is 0 Å². The van der Waals surface area contributed by atoms with Gasteiger partial charge in [-0.25, -0.2) is 8.78 Å². The Morgan fingerprint density at radius 2 is 1.79 bits per heavy atom. The van der Waals surface area contributed by atoms with Crippen molar-refractivity contribution in [1.82, 2.24) is 5.32 Å². The van der Waals surface area contributed by atoms with E-state index in [0.29, 0.717) is 6.42 Å². The van der Waals surface area contributed by atoms with E-state index in [4.69, 9.17) is 0 Å². The average Bonchev–Trinajstić information content (AvgIpc) is 1.96. The highest BCUT2D eigenvalue weighted by atomic mass is 19.3. The fourth-order valence-corrected chi connectivity index (χ4v) is 1.33. The van der Waals surface area contributed by atoms with Crippen LogP contribution in [0.25, 0.3) is 0 Å². The zero-order valence-electron chi connectivity index (χ0n) is 9.53. The molecule has 0 aliphatic rings. The molecule has 0 unspecified atom stereocenters. The van der Waals surface area contributed by atoms with Crippen molar-refractivity contribution in [2.24, 2.45) is 5.41 Å². The lowest BCUT2D eigenvalue weighted by Gasteiger charge is -2.23. The van der Waals surface area contributed by atoms with Crippen LogP contribution in [-0.2, 0) is 0 Å². The molecule has 0 saturated heterocycles. The summed E-state index contributed by atoms with van der Waals surface area (Å²) in [6.45, 7) is 6.06. The minimum absolute atomic E-state index is 0.169. The van der Waals surface area contributed by atoms with Gasteiger partial charge in [-0.15, -0.1) is 0 Å². The highest BCUT2D eigenvalue weighted by Crippen LogP contribution is 2.22. The normalized spacial score (nSPS) is 13.9. The van der Waals surface area contributed by atoms with Gasteiger partial charge in [0.2, 0.25) is 0 Å². The fraction of sp³-hybridized carbons (Fsp3) is 0.818. The maximum Gasteiger partial charge on any atom is 0.263 e. The lowest BCUT2D eigenvalue weighted by Crippen LogP contribution is -2.26. The Labute approximate surface area is 85.6 Å². The van der Waals surface area contributed by atoms with Gasteiger partial charge in [-0.3, -0.25) is 0 Å². The highest BCUT2D eigenvalue weighted by Gasteiger charge is 2.17. The van der Waals surface area contributed by atoms with Gasteiger partial charge in [0, 0.05) is 6.92 Å². The van der Waals surface area contributed by atoms with Crippen LogP contribution in [0, 0.1) is 5.41 Å². The van der Waals surface area contributed by atoms with Gasteiger partial charge in [-0.05, 0) is 37.9 Å². The summed E-state index contributed by atoms with van der Waals surface area (Å²) in [6.07, 6.45) is 4.17. The zero-order valence-corrected chi connectivity index (χ0v) is 9.53. The first-order chi connectivity index (χ1) is 6.27. The van der Waals surface area contributed by atoms with Crippen molar-refractivity contribution in [3.8, 4) is 0 Å². The van der Waals surface area contributed by atoms with Crippen LogP contribution in [0.3, 0.4) is 0 Å². The number of alkyl halides is 2. The van der Waals surface area contributed by atoms with E-state index in [9.17, 15) is 8.78 Å². The molecule has 1 nitrogen and oxygen atoms in total. The zero-order chi connectivity index (χ0) is 11.2. The van der Waals surface area contributed by atoms with Crippen molar-refractivity contribution in [3.63, 3.8) is 0 Å². The molecule has 0 aromatic rings. The summed E-state index contributed by atoms with van der Waals surface area (Å²) >= 11 is 0. The smallest absolute Gasteiger partial charge is 0.263 e. The first-order valence-corrected chi connectivity index (χ1v) is 4.97. The topological polar surface area (TPSA) is 12.0 Å². The van der Waals surface area contributed by atoms with Crippen LogP contribution in [0.1, 0.15) is 33.6 Å². The Morgan fingerprint density at radius 1 is 1.21 bits per heavy atom. The first-order valence-electron chi connectivity index (χ1n) is 4.97. The molecular weight excluding hydrogens is 184 g/mol. The fourth-order valence-electron chi connectivity index (χ4n) is 1.33. The Balaban J connectivity index is 3.79. The molecule has 0 aromatic heterocycles. The molecule has 0 rings (SSSR count). The number of rotatable bonds is 6. The van der Waals surface area contributed by atoms with Crippen molar-refractivity contribution in [1.29, 1.82) is 0 Å². The Bertz CT molecular complexity index is 180. The van der Waals surface area contributed by atoms with Gasteiger partial charge in [0.25, 0.3) is 5.92 Å². The summed E-state index contributed by atoms with van der Waals surface area (Å²) in [4.78, 5) is 0. The summed E-state index contributed by atoms with van der Waals surface area (Å²) in [6, 6.07) is 0. The van der Waals surface area contributed by atoms with Gasteiger partial charge in [0.05, 0.1) is 0 Å². The molecule has 0 aliphatic carbocycles. The monoisotopic (exact) mass is 205 g/mol. The summed E-state index contributed by atoms with van der Waals surface area (Å²) in [5, 5.41) is 3.09. The number of nitrogens with one attached hydrogen (secondary N) is 1. The van der Waals surface area contributed by atoms with Gasteiger partial charge < -0.3 is 5.32 Å². The molecule has 0 spiro atoms. The molecule has 0 saturated carbocycles. The molecule has 0 aromatic carbocycles. The van der Waals surface area contributed by atoms with Gasteiger partial charge in [-0.1, -0.05) is 19.9 Å². The summed E-state index contributed by atoms with van der Waals surface area (Å²) in [7, 11) is 1.90. The van der Waals surface area contributed by atoms with Crippen LogP contribution in [0.5, 0.6) is 0 Å². The molecule has 0 amide bonds. The van der Waals surface area contributed by atoms with E-state index in [2.05, 4.69) is 19.2 Å². The van der Waals surface area contributed by atoms with Crippen molar-refractivity contribution in [2.45, 2.75) is 39.5 Å². The van der Waals surface area contributed by atoms with E-state index in [1.807, 2.05) is 7.05 Å². The summed E-state index contributed by atoms with van der Waals surface area (Å²) in [5.41, 5.74) is 0.169. The van der Waals surface area contributed by atoms with Crippen molar-refractivity contribution < 1.29 is 8.78 Å². The lowest BCUT2D eigenvalue weighted by molar-refractivity contribution is 0.0770. The van der Waals surface area contributed by atoms with E-state index in [-0.39, 0.29) is 5.41 Å². The third-order valence-electron chi connectivity index (χ3n) is 2.05. The Morgan fingerprint density at radius 3 is 2.21 bits per heavy atom. The second-order valence-electron chi connectivity index (χ2n) is 4.59. The molecule has 0 heterocycles. The average molecular weight is 205 g/mol. The summed E-state index contributed by atoms with van der Waals surface area (Å²) < 4.78 is 24.8. The van der Waals surface area contributed by atoms with E-state index in [1.165, 1.54) is 0 Å². The van der Waals surface area contributed by atoms with Gasteiger partial charge in [0.15, 0.2) is 0 Å². The Kier molecular flexibility index (Phi) is 5.27. The van der Waals surface area contributed by atoms with Crippen molar-refractivity contribution in [3.05, 3.63) is 12.2 Å². The third-order valence-corrected chi connectivity index (χ3v) is 2.05. The maximum absolute atomic E-state index is 12.4. The number of allylic oxidation sites excluding steroid dienone is 2. The van der Waals surface area contributed by atoms with Crippen LogP contribution >= 0.6 is 0 Å². The molecule has 0 atom stereocenters. The molecule has 0 aliphatic heterocycles. The molecule has 84 valence electrons. The quantitative estimate of drug-likeness (QED) is 0.656. The van der Waals surface area contributed by atoms with E-state index >= 15 is 0 Å². The molecule has 1 N–H and O–H groups in total. The largest absolute Gasteiger partial charge is 0.319 e. The molecule has 0 bridgehead atoms. The summed E-state index contributed by atoms with van der Waals surface area (Å²) in [5.74, 6) is -2.67. The van der Waals surface area contributed by atoms with Gasteiger partial charge in [0.1, 0.15) is 0 Å². The van der Waals surface area contributed by atoms with Crippen molar-refractivity contribution in [2.75, 3.05) is 13.6 Å². The van der Waals surface area contributed by atoms with Crippen LogP contribution in [0.2, 0.25) is 0 Å². The molecule has 14 heavy (non-hydrogen) atoms. The first kappa shape index (κ1) is 13.6. The molecular formula is C11H21F2N. The predicted octanol–water partition coefficient (Wildman–Crippen LogP) is 3.22. The minimum atomic E-state index is -2.67. The second kappa shape index (κ2) is 5.44.